The molecule has 102 valence electrons. The fourth-order valence-electron chi connectivity index (χ4n) is 1.07. The van der Waals surface area contributed by atoms with Crippen molar-refractivity contribution >= 4 is 38.9 Å². The Morgan fingerprint density at radius 3 is 2.22 bits per heavy atom. The molecule has 0 saturated heterocycles. The predicted octanol–water partition coefficient (Wildman–Crippen LogP) is 3.36. The van der Waals surface area contributed by atoms with Crippen LogP contribution in [-0.2, 0) is 10.0 Å². The number of nitrogens with one attached hydrogen (secondary N) is 1. The molecule has 1 rings (SSSR count). The van der Waals surface area contributed by atoms with E-state index in [1.165, 1.54) is 6.92 Å². The predicted molar refractivity (Wildman–Crippen MR) is 66.2 cm³/mol. The first-order chi connectivity index (χ1) is 8.25. The molecule has 0 saturated carbocycles. The van der Waals surface area contributed by atoms with Crippen LogP contribution in [0.3, 0.4) is 0 Å². The molecule has 1 N–H and O–H groups in total. The summed E-state index contributed by atoms with van der Waals surface area (Å²) in [6.07, 6.45) is 0. The molecule has 1 aromatic rings. The molecule has 0 heterocycles. The Bertz CT molecular complexity index is 514. The van der Waals surface area contributed by atoms with Gasteiger partial charge in [-0.2, -0.15) is 8.78 Å². The zero-order valence-corrected chi connectivity index (χ0v) is 11.4. The number of sulfonamides is 1. The van der Waals surface area contributed by atoms with Crippen LogP contribution in [0.1, 0.15) is 6.92 Å². The van der Waals surface area contributed by atoms with Crippen LogP contribution in [0.15, 0.2) is 12.1 Å². The summed E-state index contributed by atoms with van der Waals surface area (Å²) in [7, 11) is -3.50. The third-order valence-electron chi connectivity index (χ3n) is 1.86. The number of anilines is 1. The van der Waals surface area contributed by atoms with Gasteiger partial charge in [-0.15, -0.1) is 0 Å². The highest BCUT2D eigenvalue weighted by atomic mass is 35.5. The second kappa shape index (κ2) is 5.90. The van der Waals surface area contributed by atoms with Crippen molar-refractivity contribution in [1.82, 2.24) is 0 Å². The van der Waals surface area contributed by atoms with Gasteiger partial charge in [0.05, 0.1) is 21.5 Å². The topological polar surface area (TPSA) is 55.4 Å². The monoisotopic (exact) mass is 319 g/mol. The maximum absolute atomic E-state index is 12.1. The number of hydrogen-bond acceptors (Lipinski definition) is 3. The summed E-state index contributed by atoms with van der Waals surface area (Å²) in [5, 5.41) is -0.423. The van der Waals surface area contributed by atoms with Gasteiger partial charge in [-0.1, -0.05) is 23.2 Å². The van der Waals surface area contributed by atoms with Crippen molar-refractivity contribution in [2.75, 3.05) is 10.5 Å². The van der Waals surface area contributed by atoms with E-state index in [0.29, 0.717) is 0 Å². The van der Waals surface area contributed by atoms with E-state index in [2.05, 4.69) is 9.46 Å². The van der Waals surface area contributed by atoms with E-state index in [-0.39, 0.29) is 21.5 Å². The average molecular weight is 320 g/mol. The number of benzene rings is 1. The van der Waals surface area contributed by atoms with Crippen LogP contribution in [0.25, 0.3) is 0 Å². The fourth-order valence-corrected chi connectivity index (χ4v) is 2.27. The maximum Gasteiger partial charge on any atom is 0.387 e. The van der Waals surface area contributed by atoms with E-state index >= 15 is 0 Å². The van der Waals surface area contributed by atoms with Crippen LogP contribution in [0.5, 0.6) is 5.75 Å². The van der Waals surface area contributed by atoms with Crippen molar-refractivity contribution in [1.29, 1.82) is 0 Å². The lowest BCUT2D eigenvalue weighted by Gasteiger charge is -2.12. The standard InChI is InChI=1S/C9H9Cl2F2NO3S/c1-2-18(15,16)14-5-3-6(10)8(7(11)4-5)17-9(12)13/h3-4,9,14H,2H2,1H3. The number of alkyl halides is 2. The molecule has 18 heavy (non-hydrogen) atoms. The highest BCUT2D eigenvalue weighted by molar-refractivity contribution is 7.92. The Kier molecular flexibility index (Phi) is 5.01. The van der Waals surface area contributed by atoms with Crippen LogP contribution in [-0.4, -0.2) is 20.8 Å². The minimum Gasteiger partial charge on any atom is -0.432 e. The minimum atomic E-state index is -3.50. The largest absolute Gasteiger partial charge is 0.432 e. The number of halogens is 4. The highest BCUT2D eigenvalue weighted by Gasteiger charge is 2.16. The van der Waals surface area contributed by atoms with Crippen molar-refractivity contribution in [3.8, 4) is 5.75 Å². The van der Waals surface area contributed by atoms with E-state index in [0.717, 1.165) is 12.1 Å². The first kappa shape index (κ1) is 15.3. The molecule has 0 fully saturated rings. The molecule has 0 amide bonds. The van der Waals surface area contributed by atoms with Crippen LogP contribution in [0.2, 0.25) is 10.0 Å². The van der Waals surface area contributed by atoms with Gasteiger partial charge < -0.3 is 4.74 Å². The van der Waals surface area contributed by atoms with Crippen molar-refractivity contribution in [2.45, 2.75) is 13.5 Å². The minimum absolute atomic E-state index is 0.0773. The third kappa shape index (κ3) is 4.15. The summed E-state index contributed by atoms with van der Waals surface area (Å²) in [5.74, 6) is -0.537. The van der Waals surface area contributed by atoms with Gasteiger partial charge in [0, 0.05) is 0 Å². The second-order valence-electron chi connectivity index (χ2n) is 3.15. The van der Waals surface area contributed by atoms with Gasteiger partial charge in [-0.3, -0.25) is 4.72 Å². The molecule has 1 aromatic carbocycles. The molecule has 0 aliphatic carbocycles. The zero-order chi connectivity index (χ0) is 13.9. The van der Waals surface area contributed by atoms with Crippen LogP contribution >= 0.6 is 23.2 Å². The van der Waals surface area contributed by atoms with Crippen LogP contribution < -0.4 is 9.46 Å². The summed E-state index contributed by atoms with van der Waals surface area (Å²) < 4.78 is 53.0. The van der Waals surface area contributed by atoms with Crippen molar-refractivity contribution in [2.24, 2.45) is 0 Å². The Hall–Kier alpha value is -0.790. The Labute approximate surface area is 113 Å². The molecule has 0 radical (unpaired) electrons. The van der Waals surface area contributed by atoms with E-state index in [4.69, 9.17) is 23.2 Å². The molecular formula is C9H9Cl2F2NO3S. The lowest BCUT2D eigenvalue weighted by atomic mass is 10.3. The molecule has 0 bridgehead atoms. The molecule has 0 unspecified atom stereocenters. The van der Waals surface area contributed by atoms with Crippen LogP contribution in [0, 0.1) is 0 Å². The SMILES string of the molecule is CCS(=O)(=O)Nc1cc(Cl)c(OC(F)F)c(Cl)c1. The van der Waals surface area contributed by atoms with Gasteiger partial charge in [0.15, 0.2) is 5.75 Å². The summed E-state index contributed by atoms with van der Waals surface area (Å²) >= 11 is 11.3. The normalized spacial score (nSPS) is 11.7. The van der Waals surface area contributed by atoms with Gasteiger partial charge in [-0.25, -0.2) is 8.42 Å². The van der Waals surface area contributed by atoms with E-state index in [1.807, 2.05) is 0 Å². The first-order valence-corrected chi connectivity index (χ1v) is 7.10. The van der Waals surface area contributed by atoms with Gasteiger partial charge in [0.1, 0.15) is 0 Å². The van der Waals surface area contributed by atoms with Crippen molar-refractivity contribution in [3.63, 3.8) is 0 Å². The smallest absolute Gasteiger partial charge is 0.387 e. The van der Waals surface area contributed by atoms with E-state index < -0.39 is 22.4 Å². The Morgan fingerprint density at radius 1 is 1.33 bits per heavy atom. The quantitative estimate of drug-likeness (QED) is 0.905. The Balaban J connectivity index is 3.07. The maximum atomic E-state index is 12.1. The first-order valence-electron chi connectivity index (χ1n) is 4.69. The molecular weight excluding hydrogens is 311 g/mol. The van der Waals surface area contributed by atoms with Crippen molar-refractivity contribution in [3.05, 3.63) is 22.2 Å². The van der Waals surface area contributed by atoms with E-state index in [9.17, 15) is 17.2 Å². The average Bonchev–Trinajstić information content (AvgIpc) is 2.23. The second-order valence-corrected chi connectivity index (χ2v) is 5.98. The van der Waals surface area contributed by atoms with Crippen LogP contribution in [0.4, 0.5) is 14.5 Å². The summed E-state index contributed by atoms with van der Waals surface area (Å²) in [5.41, 5.74) is 0.0773. The molecule has 0 spiro atoms. The molecule has 0 aliphatic rings. The highest BCUT2D eigenvalue weighted by Crippen LogP contribution is 2.37. The molecule has 0 atom stereocenters. The van der Waals surface area contributed by atoms with Gasteiger partial charge in [0.25, 0.3) is 0 Å². The van der Waals surface area contributed by atoms with Gasteiger partial charge >= 0.3 is 6.61 Å². The molecule has 4 nitrogen and oxygen atoms in total. The number of ether oxygens (including phenoxy) is 1. The summed E-state index contributed by atoms with van der Waals surface area (Å²) in [4.78, 5) is 0. The summed E-state index contributed by atoms with van der Waals surface area (Å²) in [6.45, 7) is -1.63. The molecule has 0 aromatic heterocycles. The number of hydrogen-bond donors (Lipinski definition) is 1. The fraction of sp³-hybridized carbons (Fsp3) is 0.333. The molecule has 0 aliphatic heterocycles. The third-order valence-corrected chi connectivity index (χ3v) is 3.73. The Morgan fingerprint density at radius 2 is 1.83 bits per heavy atom. The lowest BCUT2D eigenvalue weighted by molar-refractivity contribution is -0.0497. The van der Waals surface area contributed by atoms with Gasteiger partial charge in [-0.05, 0) is 19.1 Å². The summed E-state index contributed by atoms with van der Waals surface area (Å²) in [6, 6.07) is 2.27. The van der Waals surface area contributed by atoms with Gasteiger partial charge in [0.2, 0.25) is 10.0 Å². The zero-order valence-electron chi connectivity index (χ0n) is 9.08. The molecule has 9 heteroatoms. The lowest BCUT2D eigenvalue weighted by Crippen LogP contribution is -2.14. The number of rotatable bonds is 5. The van der Waals surface area contributed by atoms with E-state index in [1.54, 1.807) is 0 Å². The van der Waals surface area contributed by atoms with Crippen molar-refractivity contribution < 1.29 is 21.9 Å².